The molecule has 1 aromatic heterocycles. The van der Waals surface area contributed by atoms with Gasteiger partial charge in [-0.05, 0) is 46.7 Å². The van der Waals surface area contributed by atoms with Crippen molar-refractivity contribution in [2.24, 2.45) is 5.10 Å². The molecule has 0 atom stereocenters. The van der Waals surface area contributed by atoms with Crippen molar-refractivity contribution < 1.29 is 9.53 Å². The number of rotatable bonds is 4. The van der Waals surface area contributed by atoms with Gasteiger partial charge in [0.15, 0.2) is 0 Å². The number of methoxy groups -OCH3 is 1. The first kappa shape index (κ1) is 14.7. The summed E-state index contributed by atoms with van der Waals surface area (Å²) in [7, 11) is 1.65. The summed E-state index contributed by atoms with van der Waals surface area (Å²) >= 11 is 0. The Kier molecular flexibility index (Phi) is 4.29. The number of carbonyl (C=O) groups is 1. The molecule has 1 heterocycles. The molecule has 1 amide bonds. The van der Waals surface area contributed by atoms with Gasteiger partial charge in [0.25, 0.3) is 5.91 Å². The van der Waals surface area contributed by atoms with Crippen LogP contribution in [0.1, 0.15) is 15.9 Å². The fourth-order valence-electron chi connectivity index (χ4n) is 2.18. The maximum absolute atomic E-state index is 11.8. The number of aromatic nitrogens is 1. The van der Waals surface area contributed by atoms with E-state index in [1.807, 2.05) is 36.4 Å². The molecule has 0 spiro atoms. The van der Waals surface area contributed by atoms with Gasteiger partial charge in [-0.15, -0.1) is 0 Å². The van der Waals surface area contributed by atoms with Crippen LogP contribution in [0, 0.1) is 0 Å². The third kappa shape index (κ3) is 3.52. The molecule has 114 valence electrons. The van der Waals surface area contributed by atoms with E-state index in [0.717, 1.165) is 22.1 Å². The normalized spacial score (nSPS) is 10.8. The predicted molar refractivity (Wildman–Crippen MR) is 89.8 cm³/mol. The van der Waals surface area contributed by atoms with Gasteiger partial charge in [-0.3, -0.25) is 9.78 Å². The summed E-state index contributed by atoms with van der Waals surface area (Å²) in [6.45, 7) is 0. The maximum atomic E-state index is 11.8. The minimum atomic E-state index is -0.292. The highest BCUT2D eigenvalue weighted by Crippen LogP contribution is 2.21. The van der Waals surface area contributed by atoms with Gasteiger partial charge < -0.3 is 4.74 Å². The van der Waals surface area contributed by atoms with Gasteiger partial charge in [-0.1, -0.05) is 18.2 Å². The van der Waals surface area contributed by atoms with Gasteiger partial charge in [0.1, 0.15) is 5.75 Å². The molecule has 0 radical (unpaired) electrons. The average molecular weight is 305 g/mol. The average Bonchev–Trinajstić information content (AvgIpc) is 2.62. The largest absolute Gasteiger partial charge is 0.497 e. The van der Waals surface area contributed by atoms with Crippen LogP contribution in [0.2, 0.25) is 0 Å². The van der Waals surface area contributed by atoms with Crippen molar-refractivity contribution >= 4 is 22.9 Å². The van der Waals surface area contributed by atoms with E-state index in [9.17, 15) is 4.79 Å². The van der Waals surface area contributed by atoms with E-state index >= 15 is 0 Å². The Morgan fingerprint density at radius 2 is 2.00 bits per heavy atom. The molecule has 3 aromatic rings. The molecule has 0 bridgehead atoms. The summed E-state index contributed by atoms with van der Waals surface area (Å²) in [5, 5.41) is 6.14. The summed E-state index contributed by atoms with van der Waals surface area (Å²) in [6.07, 6.45) is 4.72. The van der Waals surface area contributed by atoms with Crippen molar-refractivity contribution in [2.45, 2.75) is 0 Å². The summed E-state index contributed by atoms with van der Waals surface area (Å²) in [5.41, 5.74) is 3.85. The van der Waals surface area contributed by atoms with Crippen LogP contribution in [0.4, 0.5) is 0 Å². The van der Waals surface area contributed by atoms with E-state index in [0.29, 0.717) is 5.56 Å². The molecule has 0 saturated heterocycles. The maximum Gasteiger partial charge on any atom is 0.272 e. The molecule has 0 fully saturated rings. The summed E-state index contributed by atoms with van der Waals surface area (Å²) in [4.78, 5) is 15.7. The lowest BCUT2D eigenvalue weighted by Crippen LogP contribution is -2.17. The van der Waals surface area contributed by atoms with E-state index < -0.39 is 0 Å². The number of hydrogen-bond acceptors (Lipinski definition) is 4. The number of amides is 1. The lowest BCUT2D eigenvalue weighted by Gasteiger charge is -2.03. The molecular weight excluding hydrogens is 290 g/mol. The Morgan fingerprint density at radius 1 is 1.17 bits per heavy atom. The number of carbonyl (C=O) groups excluding carboxylic acids is 1. The monoisotopic (exact) mass is 305 g/mol. The van der Waals surface area contributed by atoms with Gasteiger partial charge in [0.2, 0.25) is 0 Å². The number of ether oxygens (including phenoxy) is 1. The van der Waals surface area contributed by atoms with Crippen LogP contribution in [0.15, 0.2) is 66.0 Å². The number of hydrogen-bond donors (Lipinski definition) is 1. The third-order valence-corrected chi connectivity index (χ3v) is 3.37. The standard InChI is InChI=1S/C18H15N3O2/c1-23-17-7-6-14-9-13(4-5-15(14)10-17)11-20-21-18(22)16-3-2-8-19-12-16/h2-12H,1H3,(H,21,22)/b20-11-. The molecule has 3 rings (SSSR count). The Labute approximate surface area is 133 Å². The smallest absolute Gasteiger partial charge is 0.272 e. The second kappa shape index (κ2) is 6.70. The van der Waals surface area contributed by atoms with Gasteiger partial charge in [0.05, 0.1) is 18.9 Å². The molecular formula is C18H15N3O2. The van der Waals surface area contributed by atoms with Crippen LogP contribution in [-0.2, 0) is 0 Å². The number of nitrogens with one attached hydrogen (secondary N) is 1. The lowest BCUT2D eigenvalue weighted by atomic mass is 10.1. The zero-order valence-electron chi connectivity index (χ0n) is 12.6. The van der Waals surface area contributed by atoms with Crippen molar-refractivity contribution in [3.63, 3.8) is 0 Å². The minimum Gasteiger partial charge on any atom is -0.497 e. The highest BCUT2D eigenvalue weighted by molar-refractivity contribution is 5.95. The topological polar surface area (TPSA) is 63.6 Å². The predicted octanol–water partition coefficient (Wildman–Crippen LogP) is 3.01. The first-order valence-electron chi connectivity index (χ1n) is 7.07. The number of fused-ring (bicyclic) bond motifs is 1. The molecule has 0 aliphatic carbocycles. The summed E-state index contributed by atoms with van der Waals surface area (Å²) in [6, 6.07) is 15.2. The first-order valence-corrected chi connectivity index (χ1v) is 7.07. The molecule has 0 saturated carbocycles. The molecule has 2 aromatic carbocycles. The van der Waals surface area contributed by atoms with Crippen molar-refractivity contribution in [1.29, 1.82) is 0 Å². The van der Waals surface area contributed by atoms with Crippen LogP contribution < -0.4 is 10.2 Å². The second-order valence-corrected chi connectivity index (χ2v) is 4.91. The minimum absolute atomic E-state index is 0.292. The zero-order valence-corrected chi connectivity index (χ0v) is 12.6. The number of hydrazone groups is 1. The summed E-state index contributed by atoms with van der Waals surface area (Å²) < 4.78 is 5.21. The van der Waals surface area contributed by atoms with Crippen molar-refractivity contribution in [1.82, 2.24) is 10.4 Å². The van der Waals surface area contributed by atoms with Crippen LogP contribution in [0.3, 0.4) is 0 Å². The number of pyridine rings is 1. The van der Waals surface area contributed by atoms with Gasteiger partial charge >= 0.3 is 0 Å². The van der Waals surface area contributed by atoms with E-state index in [-0.39, 0.29) is 5.91 Å². The zero-order chi connectivity index (χ0) is 16.1. The van der Waals surface area contributed by atoms with E-state index in [2.05, 4.69) is 15.5 Å². The first-order chi connectivity index (χ1) is 11.3. The Hall–Kier alpha value is -3.21. The van der Waals surface area contributed by atoms with Crippen LogP contribution in [0.25, 0.3) is 10.8 Å². The van der Waals surface area contributed by atoms with Crippen LogP contribution in [0.5, 0.6) is 5.75 Å². The van der Waals surface area contributed by atoms with Crippen molar-refractivity contribution in [3.8, 4) is 5.75 Å². The van der Waals surface area contributed by atoms with E-state index in [4.69, 9.17) is 4.74 Å². The fraction of sp³-hybridized carbons (Fsp3) is 0.0556. The molecule has 23 heavy (non-hydrogen) atoms. The highest BCUT2D eigenvalue weighted by atomic mass is 16.5. The van der Waals surface area contributed by atoms with Gasteiger partial charge in [-0.2, -0.15) is 5.10 Å². The van der Waals surface area contributed by atoms with Crippen molar-refractivity contribution in [2.75, 3.05) is 7.11 Å². The third-order valence-electron chi connectivity index (χ3n) is 3.37. The lowest BCUT2D eigenvalue weighted by molar-refractivity contribution is 0.0955. The highest BCUT2D eigenvalue weighted by Gasteiger charge is 2.02. The molecule has 5 nitrogen and oxygen atoms in total. The quantitative estimate of drug-likeness (QED) is 0.595. The summed E-state index contributed by atoms with van der Waals surface area (Å²) in [5.74, 6) is 0.530. The molecule has 0 aliphatic heterocycles. The van der Waals surface area contributed by atoms with Crippen LogP contribution in [-0.4, -0.2) is 24.2 Å². The van der Waals surface area contributed by atoms with E-state index in [1.165, 1.54) is 6.20 Å². The SMILES string of the molecule is COc1ccc2cc(/C=N\NC(=O)c3cccnc3)ccc2c1. The van der Waals surface area contributed by atoms with Crippen LogP contribution >= 0.6 is 0 Å². The number of nitrogens with zero attached hydrogens (tertiary/aromatic N) is 2. The van der Waals surface area contributed by atoms with E-state index in [1.54, 1.807) is 31.7 Å². The Balaban J connectivity index is 1.72. The molecule has 5 heteroatoms. The Morgan fingerprint density at radius 3 is 2.78 bits per heavy atom. The number of benzene rings is 2. The second-order valence-electron chi connectivity index (χ2n) is 4.91. The van der Waals surface area contributed by atoms with Gasteiger partial charge in [-0.25, -0.2) is 5.43 Å². The Bertz CT molecular complexity index is 861. The van der Waals surface area contributed by atoms with Crippen molar-refractivity contribution in [3.05, 3.63) is 72.1 Å². The molecule has 1 N–H and O–H groups in total. The molecule has 0 aliphatic rings. The molecule has 0 unspecified atom stereocenters. The fourth-order valence-corrected chi connectivity index (χ4v) is 2.18. The van der Waals surface area contributed by atoms with Gasteiger partial charge in [0, 0.05) is 12.4 Å².